The fourth-order valence-corrected chi connectivity index (χ4v) is 1.52. The van der Waals surface area contributed by atoms with E-state index >= 15 is 0 Å². The zero-order valence-electron chi connectivity index (χ0n) is 8.95. The first-order chi connectivity index (χ1) is 7.31. The van der Waals surface area contributed by atoms with Crippen LogP contribution in [-0.4, -0.2) is 16.8 Å². The molecule has 0 amide bonds. The number of ether oxygens (including phenoxy) is 1. The van der Waals surface area contributed by atoms with Crippen LogP contribution in [0.1, 0.15) is 12.6 Å². The third-order valence-electron chi connectivity index (χ3n) is 2.17. The molecule has 3 heteroatoms. The molecule has 0 bridgehead atoms. The van der Waals surface area contributed by atoms with E-state index in [0.29, 0.717) is 6.61 Å². The molecular formula is C12H14N2O. The molecule has 78 valence electrons. The van der Waals surface area contributed by atoms with Crippen LogP contribution < -0.4 is 4.74 Å². The number of benzene rings is 1. The van der Waals surface area contributed by atoms with Crippen molar-refractivity contribution in [3.05, 3.63) is 36.0 Å². The molecular weight excluding hydrogens is 188 g/mol. The Labute approximate surface area is 89.1 Å². The lowest BCUT2D eigenvalue weighted by Gasteiger charge is -2.07. The monoisotopic (exact) mass is 202 g/mol. The summed E-state index contributed by atoms with van der Waals surface area (Å²) in [5.74, 6) is 0.881. The molecule has 15 heavy (non-hydrogen) atoms. The molecule has 1 heterocycles. The molecule has 1 aromatic heterocycles. The number of H-pyrrole nitrogens is 1. The summed E-state index contributed by atoms with van der Waals surface area (Å²) in [5.41, 5.74) is 3.01. The minimum Gasteiger partial charge on any atom is -0.493 e. The van der Waals surface area contributed by atoms with Crippen LogP contribution in [-0.2, 0) is 0 Å². The topological polar surface area (TPSA) is 37.9 Å². The Bertz CT molecular complexity index is 448. The fraction of sp³-hybridized carbons (Fsp3) is 0.250. The molecule has 0 aliphatic rings. The Balaban J connectivity index is 2.42. The summed E-state index contributed by atoms with van der Waals surface area (Å²) in [5, 5.41) is 7.15. The zero-order valence-corrected chi connectivity index (χ0v) is 8.95. The molecule has 0 saturated heterocycles. The maximum Gasteiger partial charge on any atom is 0.128 e. The first-order valence-corrected chi connectivity index (χ1v) is 5.05. The number of nitrogens with one attached hydrogen (secondary N) is 1. The van der Waals surface area contributed by atoms with E-state index < -0.39 is 0 Å². The van der Waals surface area contributed by atoms with Crippen LogP contribution in [0.2, 0.25) is 0 Å². The molecule has 0 fully saturated rings. The quantitative estimate of drug-likeness (QED) is 0.831. The summed E-state index contributed by atoms with van der Waals surface area (Å²) in [6.07, 6.45) is 0. The van der Waals surface area contributed by atoms with Crippen LogP contribution in [0.4, 0.5) is 0 Å². The Morgan fingerprint density at radius 2 is 2.13 bits per heavy atom. The maximum atomic E-state index is 5.55. The Morgan fingerprint density at radius 3 is 2.80 bits per heavy atom. The molecule has 0 saturated carbocycles. The van der Waals surface area contributed by atoms with Gasteiger partial charge >= 0.3 is 0 Å². The summed E-state index contributed by atoms with van der Waals surface area (Å²) in [7, 11) is 0. The number of aryl methyl sites for hydroxylation is 1. The third-order valence-corrected chi connectivity index (χ3v) is 2.17. The van der Waals surface area contributed by atoms with Crippen molar-refractivity contribution in [3.63, 3.8) is 0 Å². The van der Waals surface area contributed by atoms with Gasteiger partial charge in [-0.3, -0.25) is 5.10 Å². The largest absolute Gasteiger partial charge is 0.493 e. The van der Waals surface area contributed by atoms with Gasteiger partial charge in [-0.05, 0) is 32.0 Å². The summed E-state index contributed by atoms with van der Waals surface area (Å²) >= 11 is 0. The number of para-hydroxylation sites is 1. The van der Waals surface area contributed by atoms with Gasteiger partial charge in [-0.1, -0.05) is 12.1 Å². The van der Waals surface area contributed by atoms with Crippen molar-refractivity contribution in [2.75, 3.05) is 6.61 Å². The second-order valence-electron chi connectivity index (χ2n) is 3.37. The smallest absolute Gasteiger partial charge is 0.128 e. The molecule has 0 aliphatic carbocycles. The number of aromatic nitrogens is 2. The third kappa shape index (κ3) is 2.01. The van der Waals surface area contributed by atoms with E-state index in [9.17, 15) is 0 Å². The lowest BCUT2D eigenvalue weighted by molar-refractivity contribution is 0.341. The molecule has 0 aliphatic heterocycles. The predicted octanol–water partition coefficient (Wildman–Crippen LogP) is 2.78. The second kappa shape index (κ2) is 4.17. The molecule has 2 aromatic rings. The van der Waals surface area contributed by atoms with Crippen molar-refractivity contribution >= 4 is 0 Å². The van der Waals surface area contributed by atoms with Gasteiger partial charge in [-0.15, -0.1) is 0 Å². The van der Waals surface area contributed by atoms with Gasteiger partial charge in [0.1, 0.15) is 5.75 Å². The van der Waals surface area contributed by atoms with Crippen LogP contribution in [0.15, 0.2) is 30.3 Å². The summed E-state index contributed by atoms with van der Waals surface area (Å²) in [6, 6.07) is 9.94. The molecule has 1 aromatic carbocycles. The number of nitrogens with zero attached hydrogens (tertiary/aromatic N) is 1. The Kier molecular flexibility index (Phi) is 2.72. The van der Waals surface area contributed by atoms with E-state index in [1.807, 2.05) is 44.2 Å². The lowest BCUT2D eigenvalue weighted by atomic mass is 10.1. The Morgan fingerprint density at radius 1 is 1.33 bits per heavy atom. The van der Waals surface area contributed by atoms with Gasteiger partial charge in [0.15, 0.2) is 0 Å². The molecule has 3 nitrogen and oxygen atoms in total. The van der Waals surface area contributed by atoms with Gasteiger partial charge in [0.05, 0.1) is 12.3 Å². The first kappa shape index (κ1) is 9.77. The SMILES string of the molecule is CCOc1ccccc1-c1cc(C)[nH]n1. The van der Waals surface area contributed by atoms with Gasteiger partial charge in [-0.2, -0.15) is 5.10 Å². The normalized spacial score (nSPS) is 10.3. The van der Waals surface area contributed by atoms with Crippen LogP contribution in [0.5, 0.6) is 5.75 Å². The van der Waals surface area contributed by atoms with E-state index in [2.05, 4.69) is 10.2 Å². The van der Waals surface area contributed by atoms with Gasteiger partial charge in [-0.25, -0.2) is 0 Å². The van der Waals surface area contributed by atoms with E-state index in [1.165, 1.54) is 0 Å². The highest BCUT2D eigenvalue weighted by Crippen LogP contribution is 2.28. The second-order valence-corrected chi connectivity index (χ2v) is 3.37. The van der Waals surface area contributed by atoms with E-state index in [-0.39, 0.29) is 0 Å². The number of rotatable bonds is 3. The van der Waals surface area contributed by atoms with Crippen molar-refractivity contribution in [1.82, 2.24) is 10.2 Å². The highest BCUT2D eigenvalue weighted by atomic mass is 16.5. The van der Waals surface area contributed by atoms with Crippen LogP contribution in [0.25, 0.3) is 11.3 Å². The molecule has 0 atom stereocenters. The summed E-state index contributed by atoms with van der Waals surface area (Å²) in [6.45, 7) is 4.63. The summed E-state index contributed by atoms with van der Waals surface area (Å²) < 4.78 is 5.55. The van der Waals surface area contributed by atoms with Crippen molar-refractivity contribution < 1.29 is 4.74 Å². The van der Waals surface area contributed by atoms with Crippen molar-refractivity contribution in [2.45, 2.75) is 13.8 Å². The average Bonchev–Trinajstić information content (AvgIpc) is 2.66. The van der Waals surface area contributed by atoms with Crippen molar-refractivity contribution in [2.24, 2.45) is 0 Å². The molecule has 2 rings (SSSR count). The minimum absolute atomic E-state index is 0.667. The number of hydrogen-bond acceptors (Lipinski definition) is 2. The maximum absolute atomic E-state index is 5.55. The summed E-state index contributed by atoms with van der Waals surface area (Å²) in [4.78, 5) is 0. The minimum atomic E-state index is 0.667. The van der Waals surface area contributed by atoms with Gasteiger partial charge in [0.25, 0.3) is 0 Å². The van der Waals surface area contributed by atoms with Gasteiger partial charge in [0, 0.05) is 11.3 Å². The Hall–Kier alpha value is -1.77. The van der Waals surface area contributed by atoms with Crippen LogP contribution in [0.3, 0.4) is 0 Å². The lowest BCUT2D eigenvalue weighted by Crippen LogP contribution is -1.93. The predicted molar refractivity (Wildman–Crippen MR) is 59.9 cm³/mol. The van der Waals surface area contributed by atoms with Gasteiger partial charge < -0.3 is 4.74 Å². The molecule has 0 radical (unpaired) electrons. The standard InChI is InChI=1S/C12H14N2O/c1-3-15-12-7-5-4-6-10(12)11-8-9(2)13-14-11/h4-8H,3H2,1-2H3,(H,13,14). The number of hydrogen-bond donors (Lipinski definition) is 1. The highest BCUT2D eigenvalue weighted by molar-refractivity contribution is 5.67. The first-order valence-electron chi connectivity index (χ1n) is 5.05. The van der Waals surface area contributed by atoms with E-state index in [0.717, 1.165) is 22.7 Å². The van der Waals surface area contributed by atoms with Crippen LogP contribution >= 0.6 is 0 Å². The van der Waals surface area contributed by atoms with Crippen molar-refractivity contribution in [3.8, 4) is 17.0 Å². The highest BCUT2D eigenvalue weighted by Gasteiger charge is 2.07. The number of aromatic amines is 1. The van der Waals surface area contributed by atoms with Crippen LogP contribution in [0, 0.1) is 6.92 Å². The van der Waals surface area contributed by atoms with Gasteiger partial charge in [0.2, 0.25) is 0 Å². The van der Waals surface area contributed by atoms with E-state index in [4.69, 9.17) is 4.74 Å². The molecule has 0 unspecified atom stereocenters. The molecule has 1 N–H and O–H groups in total. The van der Waals surface area contributed by atoms with Crippen molar-refractivity contribution in [1.29, 1.82) is 0 Å². The average molecular weight is 202 g/mol. The van der Waals surface area contributed by atoms with E-state index in [1.54, 1.807) is 0 Å². The fourth-order valence-electron chi connectivity index (χ4n) is 1.52. The molecule has 0 spiro atoms. The zero-order chi connectivity index (χ0) is 10.7.